The number of carbonyl (C=O) groups is 1. The van der Waals surface area contributed by atoms with Crippen LogP contribution in [0.15, 0.2) is 28.8 Å². The summed E-state index contributed by atoms with van der Waals surface area (Å²) in [7, 11) is 0. The molecule has 0 N–H and O–H groups in total. The summed E-state index contributed by atoms with van der Waals surface area (Å²) < 4.78 is 5.89. The Bertz CT molecular complexity index is 899. The van der Waals surface area contributed by atoms with Crippen LogP contribution in [0.2, 0.25) is 0 Å². The predicted octanol–water partition coefficient (Wildman–Crippen LogP) is 5.75. The summed E-state index contributed by atoms with van der Waals surface area (Å²) in [5.74, 6) is 2.06. The van der Waals surface area contributed by atoms with Crippen LogP contribution in [0, 0.1) is 19.3 Å². The highest BCUT2D eigenvalue weighted by atomic mass is 16.5. The molecule has 0 radical (unpaired) electrons. The summed E-state index contributed by atoms with van der Waals surface area (Å²) in [6.07, 6.45) is 9.44. The topological polar surface area (TPSA) is 43.1 Å². The number of aromatic nitrogens is 1. The number of aryl methyl sites for hydroxylation is 2. The Morgan fingerprint density at radius 3 is 2.35 bits per heavy atom. The van der Waals surface area contributed by atoms with Crippen molar-refractivity contribution in [3.05, 3.63) is 46.7 Å². The number of Topliss-reactive ketones (excluding diaryl/α,β-unsaturated/α-hetero) is 1. The minimum Gasteiger partial charge on any atom is -0.360 e. The molecule has 2 saturated carbocycles. The monoisotopic (exact) mass is 347 g/mol. The maximum Gasteiger partial charge on any atom is 0.147 e. The first-order valence-electron chi connectivity index (χ1n) is 9.86. The van der Waals surface area contributed by atoms with Crippen molar-refractivity contribution >= 4 is 11.4 Å². The molecular formula is C23H25NO2. The molecule has 0 bridgehead atoms. The van der Waals surface area contributed by atoms with E-state index in [4.69, 9.17) is 4.52 Å². The fourth-order valence-electron chi connectivity index (χ4n) is 4.82. The lowest BCUT2D eigenvalue weighted by Crippen LogP contribution is -2.32. The van der Waals surface area contributed by atoms with Gasteiger partial charge in [0, 0.05) is 29.9 Å². The zero-order chi connectivity index (χ0) is 17.9. The molecule has 26 heavy (non-hydrogen) atoms. The van der Waals surface area contributed by atoms with E-state index >= 15 is 0 Å². The molecule has 3 aliphatic rings. The molecule has 3 heteroatoms. The number of allylic oxidation sites excluding steroid dienone is 2. The van der Waals surface area contributed by atoms with Crippen molar-refractivity contribution in [3.8, 4) is 11.3 Å². The fraction of sp³-hybridized carbons (Fsp3) is 0.478. The standard InChI is InChI=1S/C23H25NO2/c1-14-4-3-5-15(2)19(14)21-20(22(26-24-21)16-6-7-16)17-12-23(13-17)10-8-18(25)9-11-23/h3-5,12,16H,6-11,13H2,1-2H3. The highest BCUT2D eigenvalue weighted by molar-refractivity contribution is 5.87. The van der Waals surface area contributed by atoms with Gasteiger partial charge in [0.1, 0.15) is 17.2 Å². The van der Waals surface area contributed by atoms with Crippen LogP contribution >= 0.6 is 0 Å². The van der Waals surface area contributed by atoms with Crippen LogP contribution < -0.4 is 0 Å². The van der Waals surface area contributed by atoms with Gasteiger partial charge in [-0.15, -0.1) is 0 Å². The van der Waals surface area contributed by atoms with E-state index in [9.17, 15) is 4.79 Å². The third-order valence-corrected chi connectivity index (χ3v) is 6.53. The van der Waals surface area contributed by atoms with E-state index in [2.05, 4.69) is 43.3 Å². The Balaban J connectivity index is 1.59. The number of benzene rings is 1. The van der Waals surface area contributed by atoms with E-state index in [0.29, 0.717) is 11.7 Å². The zero-order valence-corrected chi connectivity index (χ0v) is 15.6. The van der Waals surface area contributed by atoms with Crippen molar-refractivity contribution in [2.24, 2.45) is 5.41 Å². The first-order valence-corrected chi connectivity index (χ1v) is 9.86. The van der Waals surface area contributed by atoms with Gasteiger partial charge in [0.15, 0.2) is 0 Å². The molecule has 3 nitrogen and oxygen atoms in total. The summed E-state index contributed by atoms with van der Waals surface area (Å²) in [5.41, 5.74) is 7.64. The maximum absolute atomic E-state index is 11.6. The molecule has 0 aliphatic heterocycles. The van der Waals surface area contributed by atoms with Gasteiger partial charge >= 0.3 is 0 Å². The third-order valence-electron chi connectivity index (χ3n) is 6.53. The van der Waals surface area contributed by atoms with E-state index in [0.717, 1.165) is 43.6 Å². The van der Waals surface area contributed by atoms with Crippen molar-refractivity contribution in [1.82, 2.24) is 5.16 Å². The predicted molar refractivity (Wildman–Crippen MR) is 102 cm³/mol. The molecule has 0 saturated heterocycles. The highest BCUT2D eigenvalue weighted by Gasteiger charge is 2.43. The van der Waals surface area contributed by atoms with Crippen molar-refractivity contribution < 1.29 is 9.32 Å². The summed E-state index contributed by atoms with van der Waals surface area (Å²) in [5, 5.41) is 4.55. The van der Waals surface area contributed by atoms with Gasteiger partial charge in [-0.1, -0.05) is 29.4 Å². The van der Waals surface area contributed by atoms with Crippen LogP contribution in [0.3, 0.4) is 0 Å². The van der Waals surface area contributed by atoms with Gasteiger partial charge in [-0.2, -0.15) is 0 Å². The van der Waals surface area contributed by atoms with Crippen LogP contribution in [0.4, 0.5) is 0 Å². The molecule has 2 fully saturated rings. The van der Waals surface area contributed by atoms with Gasteiger partial charge in [-0.25, -0.2) is 0 Å². The normalized spacial score (nSPS) is 21.6. The Morgan fingerprint density at radius 1 is 1.08 bits per heavy atom. The molecule has 1 aromatic carbocycles. The molecule has 1 spiro atoms. The molecule has 0 amide bonds. The maximum atomic E-state index is 11.6. The SMILES string of the molecule is Cc1cccc(C)c1-c1noc(C2CC2)c1C1=CC2(CCC(=O)CC2)C1. The number of hydrogen-bond donors (Lipinski definition) is 0. The van der Waals surface area contributed by atoms with Crippen LogP contribution in [0.1, 0.15) is 73.3 Å². The van der Waals surface area contributed by atoms with Gasteiger partial charge in [-0.05, 0) is 68.1 Å². The third kappa shape index (κ3) is 2.48. The van der Waals surface area contributed by atoms with Gasteiger partial charge < -0.3 is 4.52 Å². The Hall–Kier alpha value is -2.16. The van der Waals surface area contributed by atoms with Crippen molar-refractivity contribution in [1.29, 1.82) is 0 Å². The van der Waals surface area contributed by atoms with Gasteiger partial charge in [0.2, 0.25) is 0 Å². The summed E-state index contributed by atoms with van der Waals surface area (Å²) in [6, 6.07) is 6.41. The smallest absolute Gasteiger partial charge is 0.147 e. The highest BCUT2D eigenvalue weighted by Crippen LogP contribution is 2.56. The second-order valence-electron chi connectivity index (χ2n) is 8.56. The van der Waals surface area contributed by atoms with Crippen LogP contribution in [0.5, 0.6) is 0 Å². The Kier molecular flexibility index (Phi) is 3.50. The molecule has 5 rings (SSSR count). The second-order valence-corrected chi connectivity index (χ2v) is 8.56. The summed E-state index contributed by atoms with van der Waals surface area (Å²) in [4.78, 5) is 11.6. The molecule has 0 atom stereocenters. The second kappa shape index (κ2) is 5.67. The largest absolute Gasteiger partial charge is 0.360 e. The Morgan fingerprint density at radius 2 is 1.73 bits per heavy atom. The van der Waals surface area contributed by atoms with Gasteiger partial charge in [-0.3, -0.25) is 4.79 Å². The molecule has 0 unspecified atom stereocenters. The lowest BCUT2D eigenvalue weighted by Gasteiger charge is -2.42. The molecule has 134 valence electrons. The summed E-state index contributed by atoms with van der Waals surface area (Å²) in [6.45, 7) is 4.31. The van der Waals surface area contributed by atoms with Crippen LogP contribution in [-0.4, -0.2) is 10.9 Å². The summed E-state index contributed by atoms with van der Waals surface area (Å²) >= 11 is 0. The average Bonchev–Trinajstić information content (AvgIpc) is 3.35. The number of rotatable bonds is 3. The molecule has 3 aliphatic carbocycles. The fourth-order valence-corrected chi connectivity index (χ4v) is 4.82. The quantitative estimate of drug-likeness (QED) is 0.710. The number of hydrogen-bond acceptors (Lipinski definition) is 3. The lowest BCUT2D eigenvalue weighted by atomic mass is 9.61. The molecular weight excluding hydrogens is 322 g/mol. The molecule has 2 aromatic rings. The lowest BCUT2D eigenvalue weighted by molar-refractivity contribution is -0.121. The minimum absolute atomic E-state index is 0.249. The number of ketones is 1. The van der Waals surface area contributed by atoms with E-state index in [-0.39, 0.29) is 5.41 Å². The average molecular weight is 347 g/mol. The first-order chi connectivity index (χ1) is 12.6. The minimum atomic E-state index is 0.249. The van der Waals surface area contributed by atoms with E-state index in [1.54, 1.807) is 0 Å². The molecule has 1 aromatic heterocycles. The van der Waals surface area contributed by atoms with Crippen LogP contribution in [0.25, 0.3) is 16.8 Å². The number of carbonyl (C=O) groups excluding carboxylic acids is 1. The first kappa shape index (κ1) is 16.0. The van der Waals surface area contributed by atoms with Gasteiger partial charge in [0.25, 0.3) is 0 Å². The van der Waals surface area contributed by atoms with Crippen molar-refractivity contribution in [2.45, 2.75) is 64.7 Å². The van der Waals surface area contributed by atoms with Crippen molar-refractivity contribution in [2.75, 3.05) is 0 Å². The Labute approximate surface area is 154 Å². The van der Waals surface area contributed by atoms with E-state index in [1.165, 1.54) is 40.7 Å². The number of nitrogens with zero attached hydrogens (tertiary/aromatic N) is 1. The van der Waals surface area contributed by atoms with Crippen LogP contribution in [-0.2, 0) is 4.79 Å². The zero-order valence-electron chi connectivity index (χ0n) is 15.6. The van der Waals surface area contributed by atoms with Gasteiger partial charge in [0.05, 0.1) is 0 Å². The van der Waals surface area contributed by atoms with E-state index in [1.807, 2.05) is 0 Å². The molecule has 1 heterocycles. The van der Waals surface area contributed by atoms with Crippen molar-refractivity contribution in [3.63, 3.8) is 0 Å². The van der Waals surface area contributed by atoms with E-state index < -0.39 is 0 Å².